The fourth-order valence-corrected chi connectivity index (χ4v) is 2.45. The molecule has 0 aromatic heterocycles. The number of nitro groups is 1. The Hall–Kier alpha value is -3.22. The van der Waals surface area contributed by atoms with Gasteiger partial charge in [-0.05, 0) is 38.5 Å². The number of amides is 1. The Bertz CT molecular complexity index is 825. The molecule has 0 bridgehead atoms. The molecule has 0 aliphatic carbocycles. The quantitative estimate of drug-likeness (QED) is 0.510. The zero-order valence-corrected chi connectivity index (χ0v) is 14.2. The average Bonchev–Trinajstić information content (AvgIpc) is 2.53. The zero-order valence-electron chi connectivity index (χ0n) is 14.2. The number of nitrogens with one attached hydrogen (secondary N) is 1. The lowest BCUT2D eigenvalue weighted by molar-refractivity contribution is -0.384. The molecule has 25 heavy (non-hydrogen) atoms. The average molecular weight is 342 g/mol. The molecule has 0 radical (unpaired) electrons. The standard InChI is InChI=1S/C18H18N2O5/c1-11-7-12(2)9-14(8-11)18(22)25-10-16(21)19-17-13(3)5-4-6-15(17)20(23)24/h4-9H,10H2,1-3H3,(H,19,21). The van der Waals surface area contributed by atoms with Gasteiger partial charge in [0, 0.05) is 6.07 Å². The van der Waals surface area contributed by atoms with Gasteiger partial charge in [0.05, 0.1) is 10.5 Å². The van der Waals surface area contributed by atoms with Crippen molar-refractivity contribution in [3.05, 3.63) is 68.8 Å². The van der Waals surface area contributed by atoms with Crippen molar-refractivity contribution >= 4 is 23.3 Å². The summed E-state index contributed by atoms with van der Waals surface area (Å²) in [5, 5.41) is 13.5. The number of ether oxygens (including phenoxy) is 1. The Morgan fingerprint density at radius 2 is 1.76 bits per heavy atom. The number of para-hydroxylation sites is 1. The van der Waals surface area contributed by atoms with Crippen molar-refractivity contribution < 1.29 is 19.2 Å². The Labute approximate surface area is 144 Å². The first-order valence-electron chi connectivity index (χ1n) is 7.57. The van der Waals surface area contributed by atoms with Crippen LogP contribution in [0.3, 0.4) is 0 Å². The SMILES string of the molecule is Cc1cc(C)cc(C(=O)OCC(=O)Nc2c(C)cccc2[N+](=O)[O-])c1. The van der Waals surface area contributed by atoms with Gasteiger partial charge in [0.1, 0.15) is 5.69 Å². The second-order valence-electron chi connectivity index (χ2n) is 5.73. The van der Waals surface area contributed by atoms with E-state index in [1.807, 2.05) is 19.9 Å². The number of nitro benzene ring substituents is 1. The molecule has 0 fully saturated rings. The predicted octanol–water partition coefficient (Wildman–Crippen LogP) is 3.32. The number of carbonyl (C=O) groups excluding carboxylic acids is 2. The highest BCUT2D eigenvalue weighted by atomic mass is 16.6. The molecule has 0 atom stereocenters. The van der Waals surface area contributed by atoms with Gasteiger partial charge in [0.2, 0.25) is 0 Å². The van der Waals surface area contributed by atoms with Crippen molar-refractivity contribution in [1.29, 1.82) is 0 Å². The second kappa shape index (κ2) is 7.57. The highest BCUT2D eigenvalue weighted by Gasteiger charge is 2.18. The molecular formula is C18H18N2O5. The molecule has 1 N–H and O–H groups in total. The largest absolute Gasteiger partial charge is 0.452 e. The van der Waals surface area contributed by atoms with Gasteiger partial charge in [-0.1, -0.05) is 29.3 Å². The molecule has 0 spiro atoms. The van der Waals surface area contributed by atoms with Gasteiger partial charge in [-0.2, -0.15) is 0 Å². The molecule has 7 heteroatoms. The smallest absolute Gasteiger partial charge is 0.338 e. The summed E-state index contributed by atoms with van der Waals surface area (Å²) in [7, 11) is 0. The Kier molecular flexibility index (Phi) is 5.49. The molecule has 0 heterocycles. The van der Waals surface area contributed by atoms with Gasteiger partial charge in [-0.15, -0.1) is 0 Å². The summed E-state index contributed by atoms with van der Waals surface area (Å²) in [6.45, 7) is 4.82. The highest BCUT2D eigenvalue weighted by Crippen LogP contribution is 2.27. The van der Waals surface area contributed by atoms with Crippen LogP contribution in [0.4, 0.5) is 11.4 Å². The third-order valence-corrected chi connectivity index (χ3v) is 3.50. The molecule has 0 aliphatic rings. The number of nitrogens with zero attached hydrogens (tertiary/aromatic N) is 1. The molecule has 0 saturated heterocycles. The second-order valence-corrected chi connectivity index (χ2v) is 5.73. The van der Waals surface area contributed by atoms with Crippen molar-refractivity contribution in [2.75, 3.05) is 11.9 Å². The number of benzene rings is 2. The van der Waals surface area contributed by atoms with E-state index in [0.717, 1.165) is 11.1 Å². The topological polar surface area (TPSA) is 98.5 Å². The van der Waals surface area contributed by atoms with Gasteiger partial charge in [-0.3, -0.25) is 14.9 Å². The molecule has 1 amide bonds. The maximum absolute atomic E-state index is 12.0. The van der Waals surface area contributed by atoms with E-state index in [4.69, 9.17) is 4.74 Å². The van der Waals surface area contributed by atoms with Crippen LogP contribution in [-0.2, 0) is 9.53 Å². The maximum atomic E-state index is 12.0. The lowest BCUT2D eigenvalue weighted by Gasteiger charge is -2.10. The Morgan fingerprint density at radius 1 is 1.12 bits per heavy atom. The number of hydrogen-bond acceptors (Lipinski definition) is 5. The summed E-state index contributed by atoms with van der Waals surface area (Å²) >= 11 is 0. The monoisotopic (exact) mass is 342 g/mol. The van der Waals surface area contributed by atoms with Crippen LogP contribution in [0.2, 0.25) is 0 Å². The van der Waals surface area contributed by atoms with Gasteiger partial charge in [0.15, 0.2) is 6.61 Å². The van der Waals surface area contributed by atoms with Crippen molar-refractivity contribution in [1.82, 2.24) is 0 Å². The van der Waals surface area contributed by atoms with Crippen LogP contribution >= 0.6 is 0 Å². The minimum atomic E-state index is -0.643. The normalized spacial score (nSPS) is 10.2. The van der Waals surface area contributed by atoms with Crippen LogP contribution in [0.25, 0.3) is 0 Å². The van der Waals surface area contributed by atoms with Gasteiger partial charge < -0.3 is 10.1 Å². The molecule has 0 aliphatic heterocycles. The van der Waals surface area contributed by atoms with Crippen LogP contribution in [0.1, 0.15) is 27.0 Å². The first-order chi connectivity index (χ1) is 11.8. The minimum Gasteiger partial charge on any atom is -0.452 e. The molecule has 2 aromatic carbocycles. The number of carbonyl (C=O) groups is 2. The number of aryl methyl sites for hydroxylation is 3. The van der Waals surface area contributed by atoms with Crippen LogP contribution in [-0.4, -0.2) is 23.4 Å². The lowest BCUT2D eigenvalue weighted by Crippen LogP contribution is -2.22. The summed E-state index contributed by atoms with van der Waals surface area (Å²) in [6.07, 6.45) is 0. The zero-order chi connectivity index (χ0) is 18.6. The van der Waals surface area contributed by atoms with Gasteiger partial charge in [0.25, 0.3) is 11.6 Å². The maximum Gasteiger partial charge on any atom is 0.338 e. The van der Waals surface area contributed by atoms with E-state index >= 15 is 0 Å². The summed E-state index contributed by atoms with van der Waals surface area (Å²) < 4.78 is 4.99. The van der Waals surface area contributed by atoms with Gasteiger partial charge >= 0.3 is 5.97 Å². The summed E-state index contributed by atoms with van der Waals surface area (Å²) in [5.41, 5.74) is 2.60. The molecule has 7 nitrogen and oxygen atoms in total. The minimum absolute atomic E-state index is 0.0972. The number of rotatable bonds is 5. The summed E-state index contributed by atoms with van der Waals surface area (Å²) in [5.74, 6) is -1.27. The first kappa shape index (κ1) is 18.1. The van der Waals surface area contributed by atoms with E-state index in [1.165, 1.54) is 12.1 Å². The lowest BCUT2D eigenvalue weighted by atomic mass is 10.1. The first-order valence-corrected chi connectivity index (χ1v) is 7.57. The number of hydrogen-bond donors (Lipinski definition) is 1. The van der Waals surface area contributed by atoms with Crippen molar-refractivity contribution in [2.45, 2.75) is 20.8 Å². The highest BCUT2D eigenvalue weighted by molar-refractivity contribution is 5.97. The van der Waals surface area contributed by atoms with Crippen LogP contribution in [0.5, 0.6) is 0 Å². The molecule has 2 aromatic rings. The molecular weight excluding hydrogens is 324 g/mol. The Balaban J connectivity index is 2.04. The number of anilines is 1. The van der Waals surface area contributed by atoms with Crippen LogP contribution in [0.15, 0.2) is 36.4 Å². The van der Waals surface area contributed by atoms with E-state index in [2.05, 4.69) is 5.32 Å². The fourth-order valence-electron chi connectivity index (χ4n) is 2.45. The van der Waals surface area contributed by atoms with E-state index in [-0.39, 0.29) is 11.4 Å². The van der Waals surface area contributed by atoms with Crippen LogP contribution in [0, 0.1) is 30.9 Å². The van der Waals surface area contributed by atoms with Crippen molar-refractivity contribution in [2.24, 2.45) is 0 Å². The number of esters is 1. The van der Waals surface area contributed by atoms with E-state index in [0.29, 0.717) is 11.1 Å². The van der Waals surface area contributed by atoms with E-state index in [9.17, 15) is 19.7 Å². The summed E-state index contributed by atoms with van der Waals surface area (Å²) in [4.78, 5) is 34.5. The molecule has 2 rings (SSSR count). The molecule has 0 saturated carbocycles. The van der Waals surface area contributed by atoms with E-state index in [1.54, 1.807) is 25.1 Å². The molecule has 0 unspecified atom stereocenters. The predicted molar refractivity (Wildman–Crippen MR) is 92.7 cm³/mol. The molecule has 130 valence electrons. The third kappa shape index (κ3) is 4.63. The third-order valence-electron chi connectivity index (χ3n) is 3.50. The summed E-state index contributed by atoms with van der Waals surface area (Å²) in [6, 6.07) is 9.72. The van der Waals surface area contributed by atoms with Crippen molar-refractivity contribution in [3.63, 3.8) is 0 Å². The van der Waals surface area contributed by atoms with Crippen molar-refractivity contribution in [3.8, 4) is 0 Å². The van der Waals surface area contributed by atoms with E-state index < -0.39 is 23.4 Å². The fraction of sp³-hybridized carbons (Fsp3) is 0.222. The van der Waals surface area contributed by atoms with Crippen LogP contribution < -0.4 is 5.32 Å². The Morgan fingerprint density at radius 3 is 2.36 bits per heavy atom. The van der Waals surface area contributed by atoms with Gasteiger partial charge in [-0.25, -0.2) is 4.79 Å².